The molecule has 8 nitrogen and oxygen atoms in total. The number of carbonyl (C=O) groups is 1. The molecular formula is C11H11N5O3S. The first-order valence-electron chi connectivity index (χ1n) is 5.59. The van der Waals surface area contributed by atoms with Gasteiger partial charge in [-0.1, -0.05) is 17.8 Å². The summed E-state index contributed by atoms with van der Waals surface area (Å²) in [6, 6.07) is 4.56. The molecule has 2 N–H and O–H groups in total. The minimum absolute atomic E-state index is 0.0225. The highest BCUT2D eigenvalue weighted by Gasteiger charge is 2.12. The first-order chi connectivity index (χ1) is 9.56. The van der Waals surface area contributed by atoms with E-state index in [2.05, 4.69) is 20.5 Å². The summed E-state index contributed by atoms with van der Waals surface area (Å²) in [6.07, 6.45) is 1.35. The van der Waals surface area contributed by atoms with Gasteiger partial charge in [0.15, 0.2) is 5.16 Å². The molecule has 0 spiro atoms. The van der Waals surface area contributed by atoms with Crippen molar-refractivity contribution in [2.24, 2.45) is 0 Å². The Morgan fingerprint density at radius 2 is 2.35 bits per heavy atom. The second-order valence-corrected chi connectivity index (χ2v) is 4.85. The van der Waals surface area contributed by atoms with Gasteiger partial charge in [0.2, 0.25) is 5.91 Å². The third kappa shape index (κ3) is 3.54. The van der Waals surface area contributed by atoms with Gasteiger partial charge in [0.25, 0.3) is 5.69 Å². The normalized spacial score (nSPS) is 10.2. The summed E-state index contributed by atoms with van der Waals surface area (Å²) >= 11 is 1.19. The van der Waals surface area contributed by atoms with Crippen LogP contribution in [0.1, 0.15) is 5.56 Å². The molecule has 0 radical (unpaired) electrons. The molecule has 0 saturated heterocycles. The van der Waals surface area contributed by atoms with Crippen LogP contribution in [0.15, 0.2) is 29.7 Å². The summed E-state index contributed by atoms with van der Waals surface area (Å²) in [4.78, 5) is 25.9. The van der Waals surface area contributed by atoms with Gasteiger partial charge < -0.3 is 5.32 Å². The van der Waals surface area contributed by atoms with Crippen molar-refractivity contribution in [1.82, 2.24) is 15.2 Å². The molecule has 1 amide bonds. The fourth-order valence-electron chi connectivity index (χ4n) is 1.48. The van der Waals surface area contributed by atoms with Crippen LogP contribution in [0.5, 0.6) is 0 Å². The van der Waals surface area contributed by atoms with Gasteiger partial charge in [-0.15, -0.1) is 0 Å². The van der Waals surface area contributed by atoms with Crippen molar-refractivity contribution in [3.05, 3.63) is 40.2 Å². The number of nitro groups is 1. The molecule has 0 atom stereocenters. The summed E-state index contributed by atoms with van der Waals surface area (Å²) in [7, 11) is 0. The van der Waals surface area contributed by atoms with Crippen LogP contribution < -0.4 is 5.32 Å². The van der Waals surface area contributed by atoms with E-state index in [0.29, 0.717) is 16.4 Å². The third-order valence-corrected chi connectivity index (χ3v) is 3.30. The molecule has 20 heavy (non-hydrogen) atoms. The van der Waals surface area contributed by atoms with Gasteiger partial charge in [-0.2, -0.15) is 5.10 Å². The molecule has 104 valence electrons. The Morgan fingerprint density at radius 3 is 3.00 bits per heavy atom. The molecular weight excluding hydrogens is 282 g/mol. The van der Waals surface area contributed by atoms with Crippen LogP contribution >= 0.6 is 11.8 Å². The van der Waals surface area contributed by atoms with E-state index in [9.17, 15) is 14.9 Å². The topological polar surface area (TPSA) is 114 Å². The number of aromatic nitrogens is 3. The van der Waals surface area contributed by atoms with E-state index in [0.717, 1.165) is 0 Å². The van der Waals surface area contributed by atoms with Gasteiger partial charge in [0.05, 0.1) is 10.7 Å². The maximum atomic E-state index is 11.7. The molecule has 0 bridgehead atoms. The molecule has 0 aliphatic carbocycles. The lowest BCUT2D eigenvalue weighted by atomic mass is 10.2. The summed E-state index contributed by atoms with van der Waals surface area (Å²) in [5.41, 5.74) is 0.917. The number of nitrogens with zero attached hydrogens (tertiary/aromatic N) is 3. The van der Waals surface area contributed by atoms with Gasteiger partial charge in [-0.25, -0.2) is 4.98 Å². The van der Waals surface area contributed by atoms with Crippen molar-refractivity contribution in [2.45, 2.75) is 12.1 Å². The maximum Gasteiger partial charge on any atom is 0.274 e. The average Bonchev–Trinajstić information content (AvgIpc) is 2.91. The highest BCUT2D eigenvalue weighted by molar-refractivity contribution is 7.99. The van der Waals surface area contributed by atoms with E-state index < -0.39 is 4.92 Å². The van der Waals surface area contributed by atoms with Crippen LogP contribution in [0.3, 0.4) is 0 Å². The minimum atomic E-state index is -0.478. The van der Waals surface area contributed by atoms with Crippen LogP contribution in [0.4, 0.5) is 11.4 Å². The van der Waals surface area contributed by atoms with Gasteiger partial charge in [0.1, 0.15) is 6.33 Å². The molecule has 0 unspecified atom stereocenters. The standard InChI is InChI=1S/C11H11N5O3S/c1-7-2-3-8(4-9(7)16(18)19)14-10(17)5-20-11-12-6-13-15-11/h2-4,6H,5H2,1H3,(H,14,17)(H,12,13,15). The highest BCUT2D eigenvalue weighted by atomic mass is 32.2. The Labute approximate surface area is 118 Å². The average molecular weight is 293 g/mol. The number of benzene rings is 1. The van der Waals surface area contributed by atoms with Crippen molar-refractivity contribution < 1.29 is 9.72 Å². The first kappa shape index (κ1) is 14.0. The lowest BCUT2D eigenvalue weighted by Crippen LogP contribution is -2.14. The minimum Gasteiger partial charge on any atom is -0.325 e. The molecule has 1 aromatic carbocycles. The number of nitro benzene ring substituents is 1. The number of aromatic amines is 1. The second kappa shape index (κ2) is 6.15. The van der Waals surface area contributed by atoms with Crippen LogP contribution in [0, 0.1) is 17.0 Å². The molecule has 2 rings (SSSR count). The highest BCUT2D eigenvalue weighted by Crippen LogP contribution is 2.22. The number of anilines is 1. The molecule has 2 aromatic rings. The Bertz CT molecular complexity index is 629. The lowest BCUT2D eigenvalue weighted by Gasteiger charge is -2.05. The van der Waals surface area contributed by atoms with Crippen LogP contribution in [-0.4, -0.2) is 31.8 Å². The molecule has 0 fully saturated rings. The number of hydrogen-bond donors (Lipinski definition) is 2. The van der Waals surface area contributed by atoms with Crippen molar-refractivity contribution in [3.63, 3.8) is 0 Å². The monoisotopic (exact) mass is 293 g/mol. The summed E-state index contributed by atoms with van der Waals surface area (Å²) in [5.74, 6) is -0.138. The summed E-state index contributed by atoms with van der Waals surface area (Å²) in [5, 5.41) is 20.2. The molecule has 9 heteroatoms. The lowest BCUT2D eigenvalue weighted by molar-refractivity contribution is -0.385. The number of amides is 1. The number of thioether (sulfide) groups is 1. The fourth-order valence-corrected chi connectivity index (χ4v) is 2.06. The number of H-pyrrole nitrogens is 1. The Balaban J connectivity index is 1.97. The largest absolute Gasteiger partial charge is 0.325 e. The smallest absolute Gasteiger partial charge is 0.274 e. The van der Waals surface area contributed by atoms with Gasteiger partial charge >= 0.3 is 0 Å². The van der Waals surface area contributed by atoms with E-state index in [1.54, 1.807) is 19.1 Å². The molecule has 1 heterocycles. The van der Waals surface area contributed by atoms with E-state index in [4.69, 9.17) is 0 Å². The van der Waals surface area contributed by atoms with Gasteiger partial charge in [-0.3, -0.25) is 20.0 Å². The van der Waals surface area contributed by atoms with E-state index in [1.807, 2.05) is 0 Å². The molecule has 0 saturated carbocycles. The second-order valence-electron chi connectivity index (χ2n) is 3.89. The molecule has 0 aliphatic heterocycles. The van der Waals surface area contributed by atoms with E-state index in [-0.39, 0.29) is 17.3 Å². The van der Waals surface area contributed by atoms with Gasteiger partial charge in [0, 0.05) is 17.3 Å². The van der Waals surface area contributed by atoms with Crippen LogP contribution in [0.2, 0.25) is 0 Å². The predicted octanol–water partition coefficient (Wildman–Crippen LogP) is 1.75. The number of nitrogens with one attached hydrogen (secondary N) is 2. The predicted molar refractivity (Wildman–Crippen MR) is 73.6 cm³/mol. The zero-order valence-electron chi connectivity index (χ0n) is 10.5. The quantitative estimate of drug-likeness (QED) is 0.493. The number of carbonyl (C=O) groups excluding carboxylic acids is 1. The molecule has 0 aliphatic rings. The number of aryl methyl sites for hydroxylation is 1. The zero-order chi connectivity index (χ0) is 14.5. The Morgan fingerprint density at radius 1 is 1.55 bits per heavy atom. The van der Waals surface area contributed by atoms with Gasteiger partial charge in [-0.05, 0) is 13.0 Å². The third-order valence-electron chi connectivity index (χ3n) is 2.42. The number of hydrogen-bond acceptors (Lipinski definition) is 6. The SMILES string of the molecule is Cc1ccc(NC(=O)CSc2ncn[nH]2)cc1[N+](=O)[O-]. The fraction of sp³-hybridized carbons (Fsp3) is 0.182. The van der Waals surface area contributed by atoms with E-state index in [1.165, 1.54) is 24.2 Å². The van der Waals surface area contributed by atoms with Crippen molar-refractivity contribution in [2.75, 3.05) is 11.1 Å². The van der Waals surface area contributed by atoms with E-state index >= 15 is 0 Å². The van der Waals surface area contributed by atoms with Crippen molar-refractivity contribution in [3.8, 4) is 0 Å². The van der Waals surface area contributed by atoms with Crippen LogP contribution in [0.25, 0.3) is 0 Å². The zero-order valence-corrected chi connectivity index (χ0v) is 11.3. The summed E-state index contributed by atoms with van der Waals surface area (Å²) < 4.78 is 0. The Kier molecular flexibility index (Phi) is 4.31. The number of rotatable bonds is 5. The van der Waals surface area contributed by atoms with Crippen LogP contribution in [-0.2, 0) is 4.79 Å². The van der Waals surface area contributed by atoms with Crippen molar-refractivity contribution >= 4 is 29.0 Å². The Hall–Kier alpha value is -2.42. The van der Waals surface area contributed by atoms with Crippen molar-refractivity contribution in [1.29, 1.82) is 0 Å². The molecule has 1 aromatic heterocycles. The summed E-state index contributed by atoms with van der Waals surface area (Å²) in [6.45, 7) is 1.64. The maximum absolute atomic E-state index is 11.7. The first-order valence-corrected chi connectivity index (χ1v) is 6.58.